The molecule has 3 aromatic rings. The van der Waals surface area contributed by atoms with Crippen LogP contribution in [0.4, 0.5) is 10.2 Å². The number of carbonyl (C=O) groups is 1. The minimum absolute atomic E-state index is 0.177. The monoisotopic (exact) mass is 594 g/mol. The number of carbonyl (C=O) groups excluding carboxylic acids is 1. The van der Waals surface area contributed by atoms with Gasteiger partial charge in [0.25, 0.3) is 0 Å². The highest BCUT2D eigenvalue weighted by Gasteiger charge is 2.54. The van der Waals surface area contributed by atoms with Crippen LogP contribution < -0.4 is 21.0 Å². The molecule has 1 aromatic heterocycles. The average molecular weight is 595 g/mol. The number of nitrogen functional groups attached to an aromatic ring is 1. The Balaban J connectivity index is 1.60. The van der Waals surface area contributed by atoms with Crippen LogP contribution in [0.2, 0.25) is 0 Å². The number of aromatic nitrogens is 2. The summed E-state index contributed by atoms with van der Waals surface area (Å²) >= 11 is 0. The Hall–Kier alpha value is -3.39. The summed E-state index contributed by atoms with van der Waals surface area (Å²) < 4.78 is 51.1. The molecule has 13 nitrogen and oxygen atoms in total. The first kappa shape index (κ1) is 30.6. The van der Waals surface area contributed by atoms with E-state index < -0.39 is 73.8 Å². The number of nitrogens with two attached hydrogens (primary N) is 1. The van der Waals surface area contributed by atoms with Gasteiger partial charge < -0.3 is 29.9 Å². The molecule has 0 spiro atoms. The highest BCUT2D eigenvalue weighted by atomic mass is 31.2. The third-order valence-electron chi connectivity index (χ3n) is 6.38. The Bertz CT molecular complexity index is 1530. The zero-order chi connectivity index (χ0) is 30.1. The Morgan fingerprint density at radius 1 is 1.27 bits per heavy atom. The third-order valence-corrected chi connectivity index (χ3v) is 8.01. The van der Waals surface area contributed by atoms with Gasteiger partial charge in [-0.3, -0.25) is 13.9 Å². The largest absolute Gasteiger partial charge is 0.462 e. The summed E-state index contributed by atoms with van der Waals surface area (Å²) in [6.07, 6.45) is -4.44. The van der Waals surface area contributed by atoms with Gasteiger partial charge in [-0.15, -0.1) is 0 Å². The van der Waals surface area contributed by atoms with Gasteiger partial charge in [-0.25, -0.2) is 13.8 Å². The topological polar surface area (TPSA) is 184 Å². The van der Waals surface area contributed by atoms with Gasteiger partial charge in [-0.1, -0.05) is 36.4 Å². The van der Waals surface area contributed by atoms with E-state index in [-0.39, 0.29) is 5.75 Å². The minimum Gasteiger partial charge on any atom is -0.462 e. The lowest BCUT2D eigenvalue weighted by molar-refractivity contribution is -0.149. The Kier molecular flexibility index (Phi) is 8.83. The van der Waals surface area contributed by atoms with Crippen molar-refractivity contribution in [2.24, 2.45) is 0 Å². The number of fused-ring (bicyclic) bond motifs is 1. The summed E-state index contributed by atoms with van der Waals surface area (Å²) in [4.78, 5) is 28.2. The second-order valence-electron chi connectivity index (χ2n) is 10.1. The number of benzene rings is 2. The number of ether oxygens (including phenoxy) is 2. The van der Waals surface area contributed by atoms with Gasteiger partial charge in [0.05, 0.1) is 18.9 Å². The van der Waals surface area contributed by atoms with Gasteiger partial charge in [0.2, 0.25) is 0 Å². The molecular weight excluding hydrogens is 562 g/mol. The number of aliphatic hydroxyl groups is 2. The Labute approximate surface area is 234 Å². The van der Waals surface area contributed by atoms with Gasteiger partial charge in [0.1, 0.15) is 29.6 Å². The molecule has 0 amide bonds. The van der Waals surface area contributed by atoms with E-state index in [1.165, 1.54) is 6.92 Å². The van der Waals surface area contributed by atoms with Crippen molar-refractivity contribution in [3.05, 3.63) is 65.0 Å². The predicted molar refractivity (Wildman–Crippen MR) is 145 cm³/mol. The molecule has 1 fully saturated rings. The molecule has 222 valence electrons. The van der Waals surface area contributed by atoms with Crippen molar-refractivity contribution in [2.75, 3.05) is 12.3 Å². The second kappa shape index (κ2) is 11.8. The number of nitrogens with zero attached hydrogens (tertiary/aromatic N) is 2. The van der Waals surface area contributed by atoms with Gasteiger partial charge in [0.15, 0.2) is 17.9 Å². The molecular formula is C26H32FN4O9P. The zero-order valence-electron chi connectivity index (χ0n) is 22.8. The van der Waals surface area contributed by atoms with E-state index in [2.05, 4.69) is 10.1 Å². The summed E-state index contributed by atoms with van der Waals surface area (Å²) in [6.45, 7) is 5.24. The molecule has 1 aliphatic rings. The van der Waals surface area contributed by atoms with Crippen LogP contribution in [0.25, 0.3) is 10.8 Å². The highest BCUT2D eigenvalue weighted by molar-refractivity contribution is 7.52. The van der Waals surface area contributed by atoms with E-state index in [1.807, 2.05) is 18.2 Å². The molecule has 2 aromatic carbocycles. The number of halogens is 1. The molecule has 6 atom stereocenters. The smallest absolute Gasteiger partial charge is 0.459 e. The van der Waals surface area contributed by atoms with Crippen LogP contribution in [0.1, 0.15) is 33.9 Å². The third kappa shape index (κ3) is 6.58. The number of hydrogen-bond donors (Lipinski definition) is 4. The van der Waals surface area contributed by atoms with Crippen molar-refractivity contribution in [1.82, 2.24) is 14.6 Å². The SMILES string of the molecule is CC(C)OC(=O)[C@@H](C)N[P@@](=O)(OC[C@H]1OC(n2cc(F)c(N)nc2=O)[C@](C)(O)[C@@H]1O)Oc1cccc2ccccc12. The first-order valence-electron chi connectivity index (χ1n) is 12.7. The van der Waals surface area contributed by atoms with Crippen molar-refractivity contribution >= 4 is 30.3 Å². The maximum absolute atomic E-state index is 14.1. The van der Waals surface area contributed by atoms with E-state index in [0.29, 0.717) is 16.2 Å². The minimum atomic E-state index is -4.42. The standard InChI is InChI=1S/C26H32FN4O9P/c1-14(2)38-23(33)15(3)30-41(36,40-19-11-7-9-16-8-5-6-10-17(16)19)37-13-20-21(32)26(4,35)24(39-20)31-12-18(27)22(28)29-25(31)34/h5-12,14-15,20-21,24,32,35H,13H2,1-4H3,(H,30,36)(H2,28,29,34)/t15-,20-,21-,24?,26-,41-/m1/s1. The normalized spacial score (nSPS) is 24.7. The lowest BCUT2D eigenvalue weighted by Gasteiger charge is -2.27. The fourth-order valence-electron chi connectivity index (χ4n) is 4.29. The van der Waals surface area contributed by atoms with Crippen LogP contribution in [0.3, 0.4) is 0 Å². The van der Waals surface area contributed by atoms with Gasteiger partial charge >= 0.3 is 19.4 Å². The van der Waals surface area contributed by atoms with E-state index in [9.17, 15) is 28.8 Å². The number of aliphatic hydroxyl groups excluding tert-OH is 1. The van der Waals surface area contributed by atoms with E-state index in [1.54, 1.807) is 38.1 Å². The molecule has 0 saturated carbocycles. The maximum atomic E-state index is 14.1. The molecule has 15 heteroatoms. The van der Waals surface area contributed by atoms with Crippen molar-refractivity contribution in [3.63, 3.8) is 0 Å². The Morgan fingerprint density at radius 2 is 1.95 bits per heavy atom. The number of hydrogen-bond acceptors (Lipinski definition) is 11. The summed E-state index contributed by atoms with van der Waals surface area (Å²) in [5.41, 5.74) is 2.16. The number of rotatable bonds is 10. The van der Waals surface area contributed by atoms with Crippen molar-refractivity contribution < 1.29 is 42.5 Å². The maximum Gasteiger partial charge on any atom is 0.459 e. The van der Waals surface area contributed by atoms with Crippen LogP contribution >= 0.6 is 7.75 Å². The number of esters is 1. The molecule has 2 heterocycles. The van der Waals surface area contributed by atoms with Gasteiger partial charge in [-0.05, 0) is 39.1 Å². The fraction of sp³-hybridized carbons (Fsp3) is 0.423. The van der Waals surface area contributed by atoms with E-state index >= 15 is 0 Å². The first-order chi connectivity index (χ1) is 19.2. The van der Waals surface area contributed by atoms with Crippen molar-refractivity contribution in [2.45, 2.75) is 63.9 Å². The molecule has 4 rings (SSSR count). The molecule has 41 heavy (non-hydrogen) atoms. The quantitative estimate of drug-likeness (QED) is 0.199. The molecule has 0 bridgehead atoms. The van der Waals surface area contributed by atoms with E-state index in [0.717, 1.165) is 12.3 Å². The van der Waals surface area contributed by atoms with Crippen molar-refractivity contribution in [3.8, 4) is 5.75 Å². The number of nitrogens with one attached hydrogen (secondary N) is 1. The van der Waals surface area contributed by atoms with Crippen molar-refractivity contribution in [1.29, 1.82) is 0 Å². The summed E-state index contributed by atoms with van der Waals surface area (Å²) in [6, 6.07) is 11.1. The lowest BCUT2D eigenvalue weighted by Crippen LogP contribution is -2.46. The van der Waals surface area contributed by atoms with Gasteiger partial charge in [-0.2, -0.15) is 10.1 Å². The molecule has 1 aliphatic heterocycles. The fourth-order valence-corrected chi connectivity index (χ4v) is 5.82. The summed E-state index contributed by atoms with van der Waals surface area (Å²) in [5, 5.41) is 25.7. The van der Waals surface area contributed by atoms with Gasteiger partial charge in [0, 0.05) is 5.39 Å². The molecule has 5 N–H and O–H groups in total. The second-order valence-corrected chi connectivity index (χ2v) is 11.8. The number of anilines is 1. The highest BCUT2D eigenvalue weighted by Crippen LogP contribution is 2.48. The van der Waals surface area contributed by atoms with E-state index in [4.69, 9.17) is 24.3 Å². The molecule has 1 saturated heterocycles. The van der Waals surface area contributed by atoms with Crippen LogP contribution in [-0.2, 0) is 23.4 Å². The molecule has 1 unspecified atom stereocenters. The first-order valence-corrected chi connectivity index (χ1v) is 14.3. The lowest BCUT2D eigenvalue weighted by atomic mass is 9.96. The summed E-state index contributed by atoms with van der Waals surface area (Å²) in [7, 11) is -4.42. The zero-order valence-corrected chi connectivity index (χ0v) is 23.7. The molecule has 0 aliphatic carbocycles. The van der Waals surface area contributed by atoms with Crippen LogP contribution in [-0.4, -0.2) is 62.3 Å². The van der Waals surface area contributed by atoms with Crippen LogP contribution in [0.15, 0.2) is 53.5 Å². The van der Waals surface area contributed by atoms with Crippen LogP contribution in [0, 0.1) is 5.82 Å². The van der Waals surface area contributed by atoms with Crippen LogP contribution in [0.5, 0.6) is 5.75 Å². The summed E-state index contributed by atoms with van der Waals surface area (Å²) in [5.74, 6) is -2.23. The average Bonchev–Trinajstić information content (AvgIpc) is 3.13. The Morgan fingerprint density at radius 3 is 2.66 bits per heavy atom. The molecule has 0 radical (unpaired) electrons. The predicted octanol–water partition coefficient (Wildman–Crippen LogP) is 2.26.